The van der Waals surface area contributed by atoms with Gasteiger partial charge in [-0.25, -0.2) is 9.97 Å². The van der Waals surface area contributed by atoms with Crippen molar-refractivity contribution in [3.63, 3.8) is 0 Å². The lowest BCUT2D eigenvalue weighted by Gasteiger charge is -2.26. The Bertz CT molecular complexity index is 597. The number of nitrogens with one attached hydrogen (secondary N) is 1. The molecule has 2 aromatic heterocycles. The molecule has 2 aromatic rings. The van der Waals surface area contributed by atoms with Gasteiger partial charge in [0.25, 0.3) is 0 Å². The van der Waals surface area contributed by atoms with E-state index in [1.165, 1.54) is 43.7 Å². The largest absolute Gasteiger partial charge is 0.307 e. The molecular weight excluding hydrogens is 268 g/mol. The minimum Gasteiger partial charge on any atom is -0.307 e. The molecule has 4 nitrogen and oxygen atoms in total. The van der Waals surface area contributed by atoms with Crippen molar-refractivity contribution in [2.75, 3.05) is 12.3 Å². The van der Waals surface area contributed by atoms with Gasteiger partial charge in [-0.3, -0.25) is 4.57 Å². The molecule has 20 heavy (non-hydrogen) atoms. The van der Waals surface area contributed by atoms with Crippen LogP contribution in [0.25, 0.3) is 11.2 Å². The fourth-order valence-electron chi connectivity index (χ4n) is 3.31. The third kappa shape index (κ3) is 2.13. The van der Waals surface area contributed by atoms with E-state index in [0.29, 0.717) is 11.4 Å². The van der Waals surface area contributed by atoms with Gasteiger partial charge in [-0.15, -0.1) is 11.8 Å². The minimum absolute atomic E-state index is 0.409. The van der Waals surface area contributed by atoms with Crippen LogP contribution in [0, 0.1) is 0 Å². The van der Waals surface area contributed by atoms with Crippen LogP contribution >= 0.6 is 11.8 Å². The van der Waals surface area contributed by atoms with Gasteiger partial charge in [0.2, 0.25) is 0 Å². The number of thioether (sulfide) groups is 1. The van der Waals surface area contributed by atoms with Crippen molar-refractivity contribution in [3.05, 3.63) is 24.2 Å². The standard InChI is InChI=1S/C15H20N4S/c1-2-10-20-13(7-1)19-14-12(6-4-9-17-14)18-15(19)11-5-3-8-16-11/h4,6,9,11,13,16H,1-3,5,7-8,10H2. The molecule has 0 bridgehead atoms. The molecule has 2 fully saturated rings. The molecule has 4 heterocycles. The van der Waals surface area contributed by atoms with Gasteiger partial charge in [0.15, 0.2) is 5.65 Å². The summed E-state index contributed by atoms with van der Waals surface area (Å²) in [6, 6.07) is 4.48. The zero-order valence-electron chi connectivity index (χ0n) is 11.6. The second-order valence-corrected chi connectivity index (χ2v) is 6.94. The van der Waals surface area contributed by atoms with E-state index in [0.717, 1.165) is 17.7 Å². The van der Waals surface area contributed by atoms with Gasteiger partial charge >= 0.3 is 0 Å². The molecular formula is C15H20N4S. The number of hydrogen-bond acceptors (Lipinski definition) is 4. The van der Waals surface area contributed by atoms with E-state index in [2.05, 4.69) is 32.7 Å². The molecule has 2 aliphatic heterocycles. The molecule has 4 rings (SSSR count). The number of imidazole rings is 1. The van der Waals surface area contributed by atoms with Crippen molar-refractivity contribution < 1.29 is 0 Å². The van der Waals surface area contributed by atoms with Crippen LogP contribution in [0.4, 0.5) is 0 Å². The van der Waals surface area contributed by atoms with Gasteiger partial charge in [0, 0.05) is 6.20 Å². The van der Waals surface area contributed by atoms with Crippen LogP contribution in [0.1, 0.15) is 49.3 Å². The van der Waals surface area contributed by atoms with Crippen molar-refractivity contribution in [1.82, 2.24) is 19.9 Å². The lowest BCUT2D eigenvalue weighted by Crippen LogP contribution is -2.21. The molecule has 2 unspecified atom stereocenters. The Hall–Kier alpha value is -1.07. The Balaban J connectivity index is 1.83. The summed E-state index contributed by atoms with van der Waals surface area (Å²) in [6.45, 7) is 1.11. The minimum atomic E-state index is 0.409. The molecule has 2 saturated heterocycles. The molecule has 0 saturated carbocycles. The highest BCUT2D eigenvalue weighted by Gasteiger charge is 2.28. The molecule has 0 radical (unpaired) electrons. The maximum Gasteiger partial charge on any atom is 0.161 e. The van der Waals surface area contributed by atoms with Crippen LogP contribution in [0.5, 0.6) is 0 Å². The Morgan fingerprint density at radius 1 is 1.25 bits per heavy atom. The first-order valence-electron chi connectivity index (χ1n) is 7.61. The van der Waals surface area contributed by atoms with Crippen molar-refractivity contribution in [1.29, 1.82) is 0 Å². The summed E-state index contributed by atoms with van der Waals surface area (Å²) >= 11 is 2.06. The predicted octanol–water partition coefficient (Wildman–Crippen LogP) is 3.27. The van der Waals surface area contributed by atoms with Crippen molar-refractivity contribution in [3.8, 4) is 0 Å². The van der Waals surface area contributed by atoms with E-state index < -0.39 is 0 Å². The molecule has 106 valence electrons. The maximum absolute atomic E-state index is 4.89. The monoisotopic (exact) mass is 288 g/mol. The fourth-order valence-corrected chi connectivity index (χ4v) is 4.64. The molecule has 0 aromatic carbocycles. The van der Waals surface area contributed by atoms with E-state index in [-0.39, 0.29) is 0 Å². The van der Waals surface area contributed by atoms with E-state index in [1.54, 1.807) is 0 Å². The van der Waals surface area contributed by atoms with Crippen molar-refractivity contribution in [2.24, 2.45) is 0 Å². The second kappa shape index (κ2) is 5.37. The highest BCUT2D eigenvalue weighted by molar-refractivity contribution is 7.99. The summed E-state index contributed by atoms with van der Waals surface area (Å²) in [6.07, 6.45) is 8.24. The Kier molecular flexibility index (Phi) is 3.40. The molecule has 5 heteroatoms. The normalized spacial score (nSPS) is 27.2. The van der Waals surface area contributed by atoms with Crippen LogP contribution in [0.3, 0.4) is 0 Å². The summed E-state index contributed by atoms with van der Waals surface area (Å²) in [5, 5.41) is 4.11. The third-order valence-corrected chi connectivity index (χ3v) is 5.65. The van der Waals surface area contributed by atoms with Crippen molar-refractivity contribution in [2.45, 2.75) is 43.5 Å². The number of fused-ring (bicyclic) bond motifs is 1. The summed E-state index contributed by atoms with van der Waals surface area (Å²) in [5.74, 6) is 2.46. The average Bonchev–Trinajstić information content (AvgIpc) is 3.15. The zero-order valence-corrected chi connectivity index (χ0v) is 12.4. The van der Waals surface area contributed by atoms with Crippen LogP contribution < -0.4 is 5.32 Å². The quantitative estimate of drug-likeness (QED) is 0.921. The first kappa shape index (κ1) is 12.7. The van der Waals surface area contributed by atoms with E-state index in [4.69, 9.17) is 4.98 Å². The first-order valence-corrected chi connectivity index (χ1v) is 8.66. The lowest BCUT2D eigenvalue weighted by atomic mass is 10.2. The molecule has 0 spiro atoms. The fraction of sp³-hybridized carbons (Fsp3) is 0.600. The Labute approximate surface area is 123 Å². The zero-order chi connectivity index (χ0) is 13.4. The third-order valence-electron chi connectivity index (χ3n) is 4.29. The van der Waals surface area contributed by atoms with Crippen LogP contribution in [0.15, 0.2) is 18.3 Å². The van der Waals surface area contributed by atoms with Crippen LogP contribution in [-0.2, 0) is 0 Å². The van der Waals surface area contributed by atoms with Gasteiger partial charge in [-0.2, -0.15) is 0 Å². The highest BCUT2D eigenvalue weighted by Crippen LogP contribution is 2.39. The highest BCUT2D eigenvalue weighted by atomic mass is 32.2. The van der Waals surface area contributed by atoms with Gasteiger partial charge < -0.3 is 5.32 Å². The summed E-state index contributed by atoms with van der Waals surface area (Å²) in [5.41, 5.74) is 2.11. The smallest absolute Gasteiger partial charge is 0.161 e. The van der Waals surface area contributed by atoms with Crippen LogP contribution in [-0.4, -0.2) is 26.8 Å². The second-order valence-electron chi connectivity index (χ2n) is 5.66. The first-order chi connectivity index (χ1) is 9.93. The van der Waals surface area contributed by atoms with E-state index in [1.807, 2.05) is 12.3 Å². The summed E-state index contributed by atoms with van der Waals surface area (Å²) in [7, 11) is 0. The molecule has 2 aliphatic rings. The molecule has 0 amide bonds. The number of pyridine rings is 1. The average molecular weight is 288 g/mol. The van der Waals surface area contributed by atoms with Gasteiger partial charge in [-0.05, 0) is 56.5 Å². The van der Waals surface area contributed by atoms with Crippen LogP contribution in [0.2, 0.25) is 0 Å². The molecule has 1 N–H and O–H groups in total. The van der Waals surface area contributed by atoms with Gasteiger partial charge in [-0.1, -0.05) is 0 Å². The Morgan fingerprint density at radius 2 is 2.25 bits per heavy atom. The van der Waals surface area contributed by atoms with Gasteiger partial charge in [0.05, 0.1) is 11.4 Å². The predicted molar refractivity (Wildman–Crippen MR) is 82.9 cm³/mol. The number of rotatable bonds is 2. The van der Waals surface area contributed by atoms with Crippen molar-refractivity contribution >= 4 is 22.9 Å². The number of aromatic nitrogens is 3. The molecule has 2 atom stereocenters. The number of nitrogens with zero attached hydrogens (tertiary/aromatic N) is 3. The summed E-state index contributed by atoms with van der Waals surface area (Å²) < 4.78 is 2.42. The lowest BCUT2D eigenvalue weighted by molar-refractivity contribution is 0.512. The van der Waals surface area contributed by atoms with E-state index >= 15 is 0 Å². The van der Waals surface area contributed by atoms with E-state index in [9.17, 15) is 0 Å². The SMILES string of the molecule is c1cnc2c(c1)nc(C1CCCN1)n2C1CCCCS1. The maximum atomic E-state index is 4.89. The number of hydrogen-bond donors (Lipinski definition) is 1. The topological polar surface area (TPSA) is 42.7 Å². The molecule has 0 aliphatic carbocycles. The summed E-state index contributed by atoms with van der Waals surface area (Å²) in [4.78, 5) is 9.50. The Morgan fingerprint density at radius 3 is 3.05 bits per heavy atom. The van der Waals surface area contributed by atoms with Gasteiger partial charge in [0.1, 0.15) is 11.3 Å².